The molecule has 1 aromatic heterocycles. The van der Waals surface area contributed by atoms with Gasteiger partial charge in [-0.1, -0.05) is 12.1 Å². The van der Waals surface area contributed by atoms with Crippen molar-refractivity contribution in [2.24, 2.45) is 0 Å². The zero-order valence-corrected chi connectivity index (χ0v) is 10.9. The molecule has 1 aromatic carbocycles. The Balaban J connectivity index is 2.43. The predicted octanol–water partition coefficient (Wildman–Crippen LogP) is 2.87. The second kappa shape index (κ2) is 4.42. The molecule has 18 heavy (non-hydrogen) atoms. The monoisotopic (exact) mass is 242 g/mol. The zero-order valence-electron chi connectivity index (χ0n) is 10.9. The van der Waals surface area contributed by atoms with Crippen LogP contribution >= 0.6 is 0 Å². The summed E-state index contributed by atoms with van der Waals surface area (Å²) in [5.41, 5.74) is 9.52. The summed E-state index contributed by atoms with van der Waals surface area (Å²) in [6, 6.07) is 9.63. The fourth-order valence-electron chi connectivity index (χ4n) is 1.87. The van der Waals surface area contributed by atoms with E-state index in [4.69, 9.17) is 5.73 Å². The Kier molecular flexibility index (Phi) is 3.09. The second-order valence-corrected chi connectivity index (χ2v) is 5.07. The van der Waals surface area contributed by atoms with Crippen LogP contribution in [-0.4, -0.2) is 10.1 Å². The van der Waals surface area contributed by atoms with Gasteiger partial charge in [0.15, 0.2) is 0 Å². The van der Waals surface area contributed by atoms with Gasteiger partial charge in [0.05, 0.1) is 5.69 Å². The van der Waals surface area contributed by atoms with Crippen molar-refractivity contribution in [1.82, 2.24) is 4.98 Å². The fraction of sp³-hybridized carbons (Fsp3) is 0.267. The first kappa shape index (κ1) is 12.6. The molecule has 3 N–H and O–H groups in total. The van der Waals surface area contributed by atoms with Crippen molar-refractivity contribution in [1.29, 1.82) is 0 Å². The molecule has 0 spiro atoms. The third-order valence-electron chi connectivity index (χ3n) is 2.96. The van der Waals surface area contributed by atoms with Crippen molar-refractivity contribution in [3.8, 4) is 11.1 Å². The lowest BCUT2D eigenvalue weighted by atomic mass is 9.99. The maximum atomic E-state index is 9.87. The van der Waals surface area contributed by atoms with Gasteiger partial charge in [0, 0.05) is 17.4 Å². The summed E-state index contributed by atoms with van der Waals surface area (Å²) in [5, 5.41) is 9.87. The maximum absolute atomic E-state index is 9.87. The SMILES string of the molecule is Cc1ccc(N)cc1-c1ccc(C(C)(C)O)nc1. The van der Waals surface area contributed by atoms with Gasteiger partial charge >= 0.3 is 0 Å². The maximum Gasteiger partial charge on any atom is 0.101 e. The molecule has 0 aliphatic carbocycles. The first-order valence-electron chi connectivity index (χ1n) is 5.93. The average Bonchev–Trinajstić information content (AvgIpc) is 2.31. The molecule has 0 aliphatic rings. The van der Waals surface area contributed by atoms with Gasteiger partial charge in [0.25, 0.3) is 0 Å². The molecule has 0 fully saturated rings. The molecule has 3 nitrogen and oxygen atoms in total. The summed E-state index contributed by atoms with van der Waals surface area (Å²) in [6.07, 6.45) is 1.77. The highest BCUT2D eigenvalue weighted by Crippen LogP contribution is 2.26. The first-order chi connectivity index (χ1) is 8.38. The van der Waals surface area contributed by atoms with Crippen LogP contribution in [0.2, 0.25) is 0 Å². The molecule has 0 atom stereocenters. The van der Waals surface area contributed by atoms with E-state index in [1.807, 2.05) is 37.3 Å². The summed E-state index contributed by atoms with van der Waals surface area (Å²) in [6.45, 7) is 5.49. The minimum atomic E-state index is -0.913. The van der Waals surface area contributed by atoms with Gasteiger partial charge < -0.3 is 10.8 Å². The van der Waals surface area contributed by atoms with E-state index in [1.165, 1.54) is 0 Å². The van der Waals surface area contributed by atoms with Gasteiger partial charge in [0.2, 0.25) is 0 Å². The van der Waals surface area contributed by atoms with E-state index in [0.29, 0.717) is 5.69 Å². The minimum absolute atomic E-state index is 0.660. The predicted molar refractivity (Wildman–Crippen MR) is 74.1 cm³/mol. The number of nitrogens with two attached hydrogens (primary N) is 1. The molecule has 0 aliphatic heterocycles. The highest BCUT2D eigenvalue weighted by Gasteiger charge is 2.17. The van der Waals surface area contributed by atoms with Crippen molar-refractivity contribution in [3.63, 3.8) is 0 Å². The van der Waals surface area contributed by atoms with Crippen LogP contribution in [-0.2, 0) is 5.60 Å². The van der Waals surface area contributed by atoms with Gasteiger partial charge in [-0.3, -0.25) is 4.98 Å². The molecule has 2 aromatic rings. The van der Waals surface area contributed by atoms with E-state index in [2.05, 4.69) is 4.98 Å². The number of hydrogen-bond acceptors (Lipinski definition) is 3. The molecule has 0 bridgehead atoms. The van der Waals surface area contributed by atoms with Gasteiger partial charge in [0.1, 0.15) is 5.60 Å². The normalized spacial score (nSPS) is 11.6. The minimum Gasteiger partial charge on any atom is -0.399 e. The van der Waals surface area contributed by atoms with E-state index in [9.17, 15) is 5.11 Å². The van der Waals surface area contributed by atoms with Crippen molar-refractivity contribution < 1.29 is 5.11 Å². The Morgan fingerprint density at radius 1 is 1.17 bits per heavy atom. The molecule has 3 heteroatoms. The summed E-state index contributed by atoms with van der Waals surface area (Å²) < 4.78 is 0. The molecular formula is C15H18N2O. The number of nitrogen functional groups attached to an aromatic ring is 1. The summed E-state index contributed by atoms with van der Waals surface area (Å²) in [7, 11) is 0. The number of nitrogens with zero attached hydrogens (tertiary/aromatic N) is 1. The number of anilines is 1. The van der Waals surface area contributed by atoms with Crippen LogP contribution < -0.4 is 5.73 Å². The third kappa shape index (κ3) is 2.51. The van der Waals surface area contributed by atoms with Crippen molar-refractivity contribution in [2.45, 2.75) is 26.4 Å². The van der Waals surface area contributed by atoms with Crippen LogP contribution in [0.3, 0.4) is 0 Å². The number of hydrogen-bond donors (Lipinski definition) is 2. The standard InChI is InChI=1S/C15H18N2O/c1-10-4-6-12(16)8-13(10)11-5-7-14(17-9-11)15(2,3)18/h4-9,18H,16H2,1-3H3. The largest absolute Gasteiger partial charge is 0.399 e. The van der Waals surface area contributed by atoms with Gasteiger partial charge in [-0.05, 0) is 50.1 Å². The van der Waals surface area contributed by atoms with E-state index in [1.54, 1.807) is 20.0 Å². The van der Waals surface area contributed by atoms with E-state index < -0.39 is 5.60 Å². The van der Waals surface area contributed by atoms with Crippen molar-refractivity contribution >= 4 is 5.69 Å². The van der Waals surface area contributed by atoms with Crippen LogP contribution in [0.15, 0.2) is 36.5 Å². The lowest BCUT2D eigenvalue weighted by molar-refractivity contribution is 0.0739. The van der Waals surface area contributed by atoms with E-state index in [-0.39, 0.29) is 0 Å². The van der Waals surface area contributed by atoms with Crippen LogP contribution in [0.1, 0.15) is 25.1 Å². The molecule has 0 amide bonds. The van der Waals surface area contributed by atoms with Crippen LogP contribution in [0.4, 0.5) is 5.69 Å². The first-order valence-corrected chi connectivity index (χ1v) is 5.93. The Bertz CT molecular complexity index is 554. The lowest BCUT2D eigenvalue weighted by Crippen LogP contribution is -2.17. The van der Waals surface area contributed by atoms with Crippen molar-refractivity contribution in [3.05, 3.63) is 47.8 Å². The van der Waals surface area contributed by atoms with Gasteiger partial charge in [-0.15, -0.1) is 0 Å². The van der Waals surface area contributed by atoms with E-state index >= 15 is 0 Å². The highest BCUT2D eigenvalue weighted by molar-refractivity contribution is 5.70. The molecule has 94 valence electrons. The van der Waals surface area contributed by atoms with Gasteiger partial charge in [-0.2, -0.15) is 0 Å². The van der Waals surface area contributed by atoms with Crippen LogP contribution in [0.5, 0.6) is 0 Å². The molecule has 0 saturated heterocycles. The average molecular weight is 242 g/mol. The van der Waals surface area contributed by atoms with Gasteiger partial charge in [-0.25, -0.2) is 0 Å². The Hall–Kier alpha value is -1.87. The number of aromatic nitrogens is 1. The quantitative estimate of drug-likeness (QED) is 0.796. The summed E-state index contributed by atoms with van der Waals surface area (Å²) in [4.78, 5) is 4.31. The third-order valence-corrected chi connectivity index (χ3v) is 2.96. The topological polar surface area (TPSA) is 59.1 Å². The number of aliphatic hydroxyl groups is 1. The summed E-state index contributed by atoms with van der Waals surface area (Å²) in [5.74, 6) is 0. The van der Waals surface area contributed by atoms with Crippen LogP contribution in [0.25, 0.3) is 11.1 Å². The molecule has 1 heterocycles. The highest BCUT2D eigenvalue weighted by atomic mass is 16.3. The number of rotatable bonds is 2. The Labute approximate surface area is 107 Å². The molecule has 0 unspecified atom stereocenters. The molecule has 0 saturated carbocycles. The number of aryl methyl sites for hydroxylation is 1. The lowest BCUT2D eigenvalue weighted by Gasteiger charge is -2.16. The second-order valence-electron chi connectivity index (χ2n) is 5.07. The van der Waals surface area contributed by atoms with Crippen molar-refractivity contribution in [2.75, 3.05) is 5.73 Å². The molecule has 0 radical (unpaired) electrons. The summed E-state index contributed by atoms with van der Waals surface area (Å²) >= 11 is 0. The zero-order chi connectivity index (χ0) is 13.3. The Morgan fingerprint density at radius 3 is 2.44 bits per heavy atom. The molecular weight excluding hydrogens is 224 g/mol. The van der Waals surface area contributed by atoms with Crippen LogP contribution in [0, 0.1) is 6.92 Å². The smallest absolute Gasteiger partial charge is 0.101 e. The Morgan fingerprint density at radius 2 is 1.89 bits per heavy atom. The number of benzene rings is 1. The fourth-order valence-corrected chi connectivity index (χ4v) is 1.87. The molecule has 2 rings (SSSR count). The van der Waals surface area contributed by atoms with E-state index in [0.717, 1.165) is 22.4 Å². The number of pyridine rings is 1.